The van der Waals surface area contributed by atoms with Crippen molar-refractivity contribution in [3.8, 4) is 0 Å². The fraction of sp³-hybridized carbons (Fsp3) is 0.133. The maximum atomic E-state index is 5.91. The number of aromatic amines is 1. The first-order valence-electron chi connectivity index (χ1n) is 6.15. The molecule has 0 saturated heterocycles. The summed E-state index contributed by atoms with van der Waals surface area (Å²) in [5.41, 5.74) is 4.35. The number of H-pyrrole nitrogens is 1. The molecule has 3 nitrogen and oxygen atoms in total. The Morgan fingerprint density at radius 2 is 2.16 bits per heavy atom. The molecule has 0 spiro atoms. The highest BCUT2D eigenvalue weighted by molar-refractivity contribution is 6.30. The Labute approximate surface area is 116 Å². The van der Waals surface area contributed by atoms with Crippen LogP contribution in [0.2, 0.25) is 5.15 Å². The third kappa shape index (κ3) is 2.42. The Balaban J connectivity index is 1.80. The van der Waals surface area contributed by atoms with E-state index in [-0.39, 0.29) is 0 Å². The van der Waals surface area contributed by atoms with Crippen molar-refractivity contribution >= 4 is 28.2 Å². The lowest BCUT2D eigenvalue weighted by atomic mass is 10.2. The van der Waals surface area contributed by atoms with Crippen LogP contribution in [0.15, 0.2) is 42.7 Å². The number of benzene rings is 1. The van der Waals surface area contributed by atoms with E-state index in [1.807, 2.05) is 31.3 Å². The van der Waals surface area contributed by atoms with E-state index >= 15 is 0 Å². The summed E-state index contributed by atoms with van der Waals surface area (Å²) in [5, 5.41) is 5.16. The van der Waals surface area contributed by atoms with Gasteiger partial charge in [0.05, 0.1) is 11.9 Å². The zero-order valence-electron chi connectivity index (χ0n) is 10.6. The number of nitrogens with zero attached hydrogens (tertiary/aromatic N) is 1. The monoisotopic (exact) mass is 271 g/mol. The van der Waals surface area contributed by atoms with E-state index in [9.17, 15) is 0 Å². The molecule has 4 heteroatoms. The van der Waals surface area contributed by atoms with Gasteiger partial charge in [-0.25, -0.2) is 4.98 Å². The van der Waals surface area contributed by atoms with Crippen molar-refractivity contribution in [2.75, 3.05) is 5.32 Å². The smallest absolute Gasteiger partial charge is 0.132 e. The van der Waals surface area contributed by atoms with Gasteiger partial charge in [0, 0.05) is 23.6 Å². The number of aryl methyl sites for hydroxylation is 1. The molecule has 0 saturated carbocycles. The Morgan fingerprint density at radius 1 is 1.32 bits per heavy atom. The number of fused-ring (bicyclic) bond motifs is 1. The third-order valence-corrected chi connectivity index (χ3v) is 3.57. The lowest BCUT2D eigenvalue weighted by molar-refractivity contribution is 1.14. The number of pyridine rings is 1. The number of rotatable bonds is 3. The maximum Gasteiger partial charge on any atom is 0.132 e. The van der Waals surface area contributed by atoms with Gasteiger partial charge in [0.1, 0.15) is 5.15 Å². The van der Waals surface area contributed by atoms with Gasteiger partial charge in [-0.05, 0) is 30.2 Å². The van der Waals surface area contributed by atoms with Crippen molar-refractivity contribution in [2.24, 2.45) is 0 Å². The van der Waals surface area contributed by atoms with E-state index in [2.05, 4.69) is 27.4 Å². The zero-order chi connectivity index (χ0) is 13.2. The van der Waals surface area contributed by atoms with E-state index < -0.39 is 0 Å². The van der Waals surface area contributed by atoms with Crippen molar-refractivity contribution in [3.63, 3.8) is 0 Å². The van der Waals surface area contributed by atoms with Gasteiger partial charge in [0.2, 0.25) is 0 Å². The fourth-order valence-corrected chi connectivity index (χ4v) is 2.23. The van der Waals surface area contributed by atoms with Crippen molar-refractivity contribution < 1.29 is 0 Å². The Morgan fingerprint density at radius 3 is 3.00 bits per heavy atom. The third-order valence-electron chi connectivity index (χ3n) is 3.17. The van der Waals surface area contributed by atoms with Gasteiger partial charge in [-0.3, -0.25) is 0 Å². The van der Waals surface area contributed by atoms with Gasteiger partial charge in [0.15, 0.2) is 0 Å². The van der Waals surface area contributed by atoms with Crippen LogP contribution in [-0.4, -0.2) is 9.97 Å². The molecule has 0 fully saturated rings. The minimum Gasteiger partial charge on any atom is -0.380 e. The average Bonchev–Trinajstić information content (AvgIpc) is 2.83. The van der Waals surface area contributed by atoms with Crippen molar-refractivity contribution in [1.82, 2.24) is 9.97 Å². The van der Waals surface area contributed by atoms with E-state index in [0.29, 0.717) is 5.15 Å². The molecule has 3 aromatic rings. The molecule has 96 valence electrons. The molecule has 0 bridgehead atoms. The van der Waals surface area contributed by atoms with Crippen molar-refractivity contribution in [2.45, 2.75) is 13.5 Å². The summed E-state index contributed by atoms with van der Waals surface area (Å²) >= 11 is 5.91. The summed E-state index contributed by atoms with van der Waals surface area (Å²) in [5.74, 6) is 0. The lowest BCUT2D eigenvalue weighted by Gasteiger charge is -2.06. The summed E-state index contributed by atoms with van der Waals surface area (Å²) in [7, 11) is 0. The molecular weight excluding hydrogens is 258 g/mol. The van der Waals surface area contributed by atoms with Crippen LogP contribution in [0.5, 0.6) is 0 Å². The van der Waals surface area contributed by atoms with E-state index in [1.165, 1.54) is 10.9 Å². The summed E-state index contributed by atoms with van der Waals surface area (Å²) < 4.78 is 0. The molecule has 0 aliphatic heterocycles. The molecule has 19 heavy (non-hydrogen) atoms. The van der Waals surface area contributed by atoms with Crippen LogP contribution in [0, 0.1) is 6.92 Å². The fourth-order valence-electron chi connectivity index (χ4n) is 2.13. The summed E-state index contributed by atoms with van der Waals surface area (Å²) in [6.07, 6.45) is 3.79. The first-order valence-corrected chi connectivity index (χ1v) is 6.53. The highest BCUT2D eigenvalue weighted by Gasteiger charge is 2.03. The van der Waals surface area contributed by atoms with Gasteiger partial charge in [0.25, 0.3) is 0 Å². The Bertz CT molecular complexity index is 718. The van der Waals surface area contributed by atoms with Crippen LogP contribution in [0.3, 0.4) is 0 Å². The van der Waals surface area contributed by atoms with Crippen LogP contribution >= 0.6 is 11.6 Å². The van der Waals surface area contributed by atoms with Gasteiger partial charge in [-0.15, -0.1) is 0 Å². The second-order valence-corrected chi connectivity index (χ2v) is 4.90. The van der Waals surface area contributed by atoms with Gasteiger partial charge >= 0.3 is 0 Å². The topological polar surface area (TPSA) is 40.7 Å². The van der Waals surface area contributed by atoms with Crippen LogP contribution in [0.1, 0.15) is 11.1 Å². The molecule has 0 unspecified atom stereocenters. The standard InChI is InChI=1S/C15H14ClN3/c1-10-6-12(9-19-15(10)16)17-7-11-8-18-14-5-3-2-4-13(11)14/h2-6,8-9,17-18H,7H2,1H3. The molecule has 0 aliphatic carbocycles. The number of halogens is 1. The molecule has 2 heterocycles. The molecule has 0 amide bonds. The molecule has 0 atom stereocenters. The Hall–Kier alpha value is -2.00. The normalized spacial score (nSPS) is 10.8. The van der Waals surface area contributed by atoms with Crippen LogP contribution in [0.25, 0.3) is 10.9 Å². The molecule has 3 rings (SSSR count). The predicted molar refractivity (Wildman–Crippen MR) is 79.6 cm³/mol. The number of hydrogen-bond donors (Lipinski definition) is 2. The molecule has 0 radical (unpaired) electrons. The number of para-hydroxylation sites is 1. The number of aromatic nitrogens is 2. The molecule has 0 aliphatic rings. The molecule has 2 N–H and O–H groups in total. The minimum atomic E-state index is 0.553. The lowest BCUT2D eigenvalue weighted by Crippen LogP contribution is -1.99. The number of anilines is 1. The summed E-state index contributed by atoms with van der Waals surface area (Å²) in [4.78, 5) is 7.40. The summed E-state index contributed by atoms with van der Waals surface area (Å²) in [6, 6.07) is 10.3. The molecule has 1 aromatic carbocycles. The SMILES string of the molecule is Cc1cc(NCc2c[nH]c3ccccc23)cnc1Cl. The van der Waals surface area contributed by atoms with E-state index in [1.54, 1.807) is 6.20 Å². The Kier molecular flexibility index (Phi) is 3.13. The van der Waals surface area contributed by atoms with Crippen LogP contribution < -0.4 is 5.32 Å². The largest absolute Gasteiger partial charge is 0.380 e. The van der Waals surface area contributed by atoms with Crippen LogP contribution in [-0.2, 0) is 6.54 Å². The number of nitrogens with one attached hydrogen (secondary N) is 2. The quantitative estimate of drug-likeness (QED) is 0.703. The van der Waals surface area contributed by atoms with Crippen LogP contribution in [0.4, 0.5) is 5.69 Å². The summed E-state index contributed by atoms with van der Waals surface area (Å²) in [6.45, 7) is 2.71. The van der Waals surface area contributed by atoms with E-state index in [0.717, 1.165) is 23.3 Å². The zero-order valence-corrected chi connectivity index (χ0v) is 11.3. The highest BCUT2D eigenvalue weighted by atomic mass is 35.5. The van der Waals surface area contributed by atoms with E-state index in [4.69, 9.17) is 11.6 Å². The van der Waals surface area contributed by atoms with Gasteiger partial charge in [-0.2, -0.15) is 0 Å². The second kappa shape index (κ2) is 4.94. The van der Waals surface area contributed by atoms with Crippen molar-refractivity contribution in [1.29, 1.82) is 0 Å². The van der Waals surface area contributed by atoms with Gasteiger partial charge < -0.3 is 10.3 Å². The second-order valence-electron chi connectivity index (χ2n) is 4.54. The number of hydrogen-bond acceptors (Lipinski definition) is 2. The minimum absolute atomic E-state index is 0.553. The van der Waals surface area contributed by atoms with Gasteiger partial charge in [-0.1, -0.05) is 29.8 Å². The predicted octanol–water partition coefficient (Wildman–Crippen LogP) is 4.14. The first-order chi connectivity index (χ1) is 9.24. The maximum absolute atomic E-state index is 5.91. The van der Waals surface area contributed by atoms with Crippen molar-refractivity contribution in [3.05, 3.63) is 59.0 Å². The highest BCUT2D eigenvalue weighted by Crippen LogP contribution is 2.20. The molecule has 2 aromatic heterocycles. The molecular formula is C15H14ClN3. The first kappa shape index (κ1) is 12.1. The average molecular weight is 272 g/mol.